The van der Waals surface area contributed by atoms with Gasteiger partial charge in [-0.2, -0.15) is 5.10 Å². The van der Waals surface area contributed by atoms with E-state index in [1.165, 1.54) is 20.2 Å². The second kappa shape index (κ2) is 10.00. The number of rotatable bonds is 7. The molecule has 0 aromatic heterocycles. The van der Waals surface area contributed by atoms with E-state index in [9.17, 15) is 9.59 Å². The summed E-state index contributed by atoms with van der Waals surface area (Å²) in [6.07, 6.45) is 6.60. The van der Waals surface area contributed by atoms with Gasteiger partial charge in [-0.3, -0.25) is 9.59 Å². The summed E-state index contributed by atoms with van der Waals surface area (Å²) >= 11 is 6.18. The average molecular weight is 400 g/mol. The van der Waals surface area contributed by atoms with E-state index in [1.54, 1.807) is 36.4 Å². The zero-order chi connectivity index (χ0) is 20.5. The molecule has 0 bridgehead atoms. The number of nitrogens with one attached hydrogen (secondary N) is 2. The molecular weight excluding hydrogens is 382 g/mol. The maximum absolute atomic E-state index is 12.1. The molecule has 0 fully saturated rings. The number of hydrogen-bond acceptors (Lipinski definition) is 5. The van der Waals surface area contributed by atoms with Gasteiger partial charge in [-0.05, 0) is 42.0 Å². The minimum atomic E-state index is -0.405. The Bertz CT molecular complexity index is 934. The lowest BCUT2D eigenvalue weighted by Crippen LogP contribution is -2.17. The number of halogens is 1. The minimum absolute atomic E-state index is 0.0559. The van der Waals surface area contributed by atoms with Crippen LogP contribution in [0.4, 0.5) is 5.69 Å². The lowest BCUT2D eigenvalue weighted by Gasteiger charge is -2.11. The fourth-order valence-electron chi connectivity index (χ4n) is 2.21. The summed E-state index contributed by atoms with van der Waals surface area (Å²) < 4.78 is 10.6. The second-order valence-electron chi connectivity index (χ2n) is 5.48. The molecular formula is C20H18ClN3O4. The molecule has 0 spiro atoms. The topological polar surface area (TPSA) is 89.0 Å². The van der Waals surface area contributed by atoms with Crippen LogP contribution in [0.5, 0.6) is 11.5 Å². The fourth-order valence-corrected chi connectivity index (χ4v) is 2.48. The highest BCUT2D eigenvalue weighted by atomic mass is 35.5. The van der Waals surface area contributed by atoms with Gasteiger partial charge in [-0.1, -0.05) is 17.5 Å². The Balaban J connectivity index is 2.05. The molecule has 0 radical (unpaired) electrons. The molecule has 28 heavy (non-hydrogen) atoms. The van der Waals surface area contributed by atoms with Crippen molar-refractivity contribution in [2.75, 3.05) is 19.0 Å². The Morgan fingerprint density at radius 3 is 2.61 bits per heavy atom. The van der Waals surface area contributed by atoms with Crippen LogP contribution in [0.3, 0.4) is 0 Å². The molecule has 7 nitrogen and oxygen atoms in total. The lowest BCUT2D eigenvalue weighted by molar-refractivity contribution is -0.114. The highest BCUT2D eigenvalue weighted by Gasteiger charge is 2.11. The highest BCUT2D eigenvalue weighted by molar-refractivity contribution is 6.32. The van der Waals surface area contributed by atoms with Crippen molar-refractivity contribution < 1.29 is 19.1 Å². The number of carbonyl (C=O) groups excluding carboxylic acids is 2. The molecule has 0 heterocycles. The quantitative estimate of drug-likeness (QED) is 0.425. The van der Waals surface area contributed by atoms with Gasteiger partial charge < -0.3 is 14.8 Å². The van der Waals surface area contributed by atoms with Crippen LogP contribution in [-0.4, -0.2) is 31.7 Å². The lowest BCUT2D eigenvalue weighted by atomic mass is 10.2. The molecule has 144 valence electrons. The average Bonchev–Trinajstić information content (AvgIpc) is 2.66. The van der Waals surface area contributed by atoms with Crippen LogP contribution in [-0.2, 0) is 4.79 Å². The van der Waals surface area contributed by atoms with E-state index in [1.807, 2.05) is 0 Å². The van der Waals surface area contributed by atoms with Crippen molar-refractivity contribution in [2.45, 2.75) is 6.92 Å². The molecule has 2 amide bonds. The van der Waals surface area contributed by atoms with Crippen LogP contribution in [0.25, 0.3) is 0 Å². The van der Waals surface area contributed by atoms with Crippen LogP contribution < -0.4 is 20.2 Å². The van der Waals surface area contributed by atoms with E-state index in [0.717, 1.165) is 0 Å². The predicted molar refractivity (Wildman–Crippen MR) is 108 cm³/mol. The third-order valence-electron chi connectivity index (χ3n) is 3.40. The minimum Gasteiger partial charge on any atom is -0.493 e. The maximum atomic E-state index is 12.1. The van der Waals surface area contributed by atoms with Crippen LogP contribution in [0.1, 0.15) is 22.8 Å². The zero-order valence-corrected chi connectivity index (χ0v) is 16.0. The van der Waals surface area contributed by atoms with Crippen molar-refractivity contribution in [3.63, 3.8) is 0 Å². The molecule has 2 aromatic rings. The number of methoxy groups -OCH3 is 1. The summed E-state index contributed by atoms with van der Waals surface area (Å²) in [6, 6.07) is 9.66. The highest BCUT2D eigenvalue weighted by Crippen LogP contribution is 2.35. The van der Waals surface area contributed by atoms with Crippen molar-refractivity contribution in [1.82, 2.24) is 5.43 Å². The summed E-state index contributed by atoms with van der Waals surface area (Å²) in [5.74, 6) is 2.49. The number of nitrogens with zero attached hydrogens (tertiary/aromatic N) is 1. The molecule has 0 atom stereocenters. The standard InChI is InChI=1S/C20H18ClN3O4/c1-4-9-28-19-17(21)10-14(11-18(19)27-3)12-22-24-20(26)15-5-7-16(8-6-15)23-13(2)25/h1,5-8,10-12H,9H2,2-3H3,(H,23,25)(H,24,26). The van der Waals surface area contributed by atoms with E-state index in [0.29, 0.717) is 33.3 Å². The third-order valence-corrected chi connectivity index (χ3v) is 3.68. The SMILES string of the molecule is C#CCOc1c(Cl)cc(C=NNC(=O)c2ccc(NC(C)=O)cc2)cc1OC. The van der Waals surface area contributed by atoms with Gasteiger partial charge in [0.2, 0.25) is 5.91 Å². The first-order valence-electron chi connectivity index (χ1n) is 8.09. The normalized spacial score (nSPS) is 10.2. The van der Waals surface area contributed by atoms with Crippen molar-refractivity contribution in [2.24, 2.45) is 5.10 Å². The van der Waals surface area contributed by atoms with Crippen molar-refractivity contribution in [3.8, 4) is 23.8 Å². The van der Waals surface area contributed by atoms with Gasteiger partial charge >= 0.3 is 0 Å². The van der Waals surface area contributed by atoms with Gasteiger partial charge in [-0.25, -0.2) is 5.43 Å². The summed E-state index contributed by atoms with van der Waals surface area (Å²) in [7, 11) is 1.47. The summed E-state index contributed by atoms with van der Waals surface area (Å²) in [5.41, 5.74) is 4.00. The number of benzene rings is 2. The van der Waals surface area contributed by atoms with Gasteiger partial charge in [0.15, 0.2) is 11.5 Å². The van der Waals surface area contributed by atoms with E-state index >= 15 is 0 Å². The molecule has 8 heteroatoms. The Kier molecular flexibility index (Phi) is 7.43. The second-order valence-corrected chi connectivity index (χ2v) is 5.89. The molecule has 0 unspecified atom stereocenters. The first kappa shape index (κ1) is 20.8. The van der Waals surface area contributed by atoms with Crippen molar-refractivity contribution >= 4 is 35.3 Å². The van der Waals surface area contributed by atoms with Gasteiger partial charge in [0, 0.05) is 18.2 Å². The fraction of sp³-hybridized carbons (Fsp3) is 0.150. The maximum Gasteiger partial charge on any atom is 0.271 e. The van der Waals surface area contributed by atoms with E-state index in [4.69, 9.17) is 27.5 Å². The predicted octanol–water partition coefficient (Wildman–Crippen LogP) is 3.08. The number of terminal acetylenes is 1. The van der Waals surface area contributed by atoms with Gasteiger partial charge in [0.05, 0.1) is 18.3 Å². The molecule has 0 aliphatic heterocycles. The number of anilines is 1. The number of hydrazone groups is 1. The number of carbonyl (C=O) groups is 2. The Morgan fingerprint density at radius 2 is 2.00 bits per heavy atom. The van der Waals surface area contributed by atoms with Crippen LogP contribution in [0.15, 0.2) is 41.5 Å². The Hall–Kier alpha value is -3.50. The smallest absolute Gasteiger partial charge is 0.271 e. The van der Waals surface area contributed by atoms with Gasteiger partial charge in [0.1, 0.15) is 6.61 Å². The molecule has 0 aliphatic rings. The largest absolute Gasteiger partial charge is 0.493 e. The molecule has 0 saturated heterocycles. The number of ether oxygens (including phenoxy) is 2. The van der Waals surface area contributed by atoms with Crippen LogP contribution >= 0.6 is 11.6 Å². The first-order chi connectivity index (χ1) is 13.4. The molecule has 0 saturated carbocycles. The third kappa shape index (κ3) is 5.76. The molecule has 2 rings (SSSR count). The zero-order valence-electron chi connectivity index (χ0n) is 15.3. The molecule has 2 N–H and O–H groups in total. The summed E-state index contributed by atoms with van der Waals surface area (Å²) in [4.78, 5) is 23.1. The van der Waals surface area contributed by atoms with Gasteiger partial charge in [0.25, 0.3) is 5.91 Å². The molecule has 0 aliphatic carbocycles. The van der Waals surface area contributed by atoms with E-state index in [-0.39, 0.29) is 12.5 Å². The van der Waals surface area contributed by atoms with Crippen LogP contribution in [0.2, 0.25) is 5.02 Å². The Labute approximate surface area is 167 Å². The van der Waals surface area contributed by atoms with E-state index < -0.39 is 5.91 Å². The molecule has 2 aromatic carbocycles. The van der Waals surface area contributed by atoms with Crippen molar-refractivity contribution in [1.29, 1.82) is 0 Å². The monoisotopic (exact) mass is 399 g/mol. The summed E-state index contributed by atoms with van der Waals surface area (Å²) in [6.45, 7) is 1.46. The number of amides is 2. The summed E-state index contributed by atoms with van der Waals surface area (Å²) in [5, 5.41) is 6.84. The Morgan fingerprint density at radius 1 is 1.29 bits per heavy atom. The first-order valence-corrected chi connectivity index (χ1v) is 8.47. The van der Waals surface area contributed by atoms with Crippen LogP contribution in [0, 0.1) is 12.3 Å². The van der Waals surface area contributed by atoms with Crippen molar-refractivity contribution in [3.05, 3.63) is 52.5 Å². The van der Waals surface area contributed by atoms with Gasteiger partial charge in [-0.15, -0.1) is 6.42 Å². The number of hydrogen-bond donors (Lipinski definition) is 2. The van der Waals surface area contributed by atoms with E-state index in [2.05, 4.69) is 21.8 Å².